The first-order chi connectivity index (χ1) is 33.4. The standard InChI is InChI=1S/C55H99NO13/c1-7-11-15-19-23-27-49(57)65-39-45(40-66-50(58)28-24-20-16-12-8-2)31-37-62-47-43-64-48(44-69-54(61)55(5)33-35-56(6)36-34-55)53(47)63-38-32-46(41-67-51(59)29-25-21-17-13-9-3)42-68-52(60)30-26-22-18-14-10-4/h45-48,53H,7-44H2,1-6H3/t47-,48?,53+/m0/s1. The lowest BCUT2D eigenvalue weighted by molar-refractivity contribution is -0.164. The first-order valence-electron chi connectivity index (χ1n) is 27.8. The van der Waals surface area contributed by atoms with Gasteiger partial charge in [0.1, 0.15) is 24.9 Å². The first-order valence-corrected chi connectivity index (χ1v) is 27.8. The van der Waals surface area contributed by atoms with Crippen molar-refractivity contribution in [3.8, 4) is 0 Å². The molecule has 2 rings (SSSR count). The van der Waals surface area contributed by atoms with Crippen molar-refractivity contribution in [1.82, 2.24) is 4.90 Å². The summed E-state index contributed by atoms with van der Waals surface area (Å²) >= 11 is 0. The fourth-order valence-corrected chi connectivity index (χ4v) is 8.61. The molecule has 0 aliphatic carbocycles. The van der Waals surface area contributed by atoms with Gasteiger partial charge in [0.15, 0.2) is 0 Å². The Labute approximate surface area is 418 Å². The van der Waals surface area contributed by atoms with Crippen molar-refractivity contribution >= 4 is 29.8 Å². The van der Waals surface area contributed by atoms with Crippen LogP contribution in [0.3, 0.4) is 0 Å². The van der Waals surface area contributed by atoms with Crippen LogP contribution in [0, 0.1) is 17.3 Å². The minimum Gasteiger partial charge on any atom is -0.465 e. The second-order valence-electron chi connectivity index (χ2n) is 20.3. The topological polar surface area (TPSA) is 162 Å². The number of piperidine rings is 1. The number of carbonyl (C=O) groups is 5. The Morgan fingerprint density at radius 2 is 0.884 bits per heavy atom. The van der Waals surface area contributed by atoms with Gasteiger partial charge in [0.2, 0.25) is 0 Å². The summed E-state index contributed by atoms with van der Waals surface area (Å²) in [4.78, 5) is 66.6. The Morgan fingerprint density at radius 1 is 0.522 bits per heavy atom. The monoisotopic (exact) mass is 982 g/mol. The molecule has 2 heterocycles. The van der Waals surface area contributed by atoms with Crippen molar-refractivity contribution in [1.29, 1.82) is 0 Å². The van der Waals surface area contributed by atoms with Gasteiger partial charge >= 0.3 is 29.8 Å². The maximum atomic E-state index is 13.5. The van der Waals surface area contributed by atoms with Crippen molar-refractivity contribution in [2.45, 2.75) is 233 Å². The van der Waals surface area contributed by atoms with Gasteiger partial charge in [-0.05, 0) is 78.4 Å². The van der Waals surface area contributed by atoms with Gasteiger partial charge in [-0.25, -0.2) is 0 Å². The van der Waals surface area contributed by atoms with Crippen molar-refractivity contribution in [3.63, 3.8) is 0 Å². The van der Waals surface area contributed by atoms with Gasteiger partial charge in [0.05, 0.1) is 38.4 Å². The maximum Gasteiger partial charge on any atom is 0.311 e. The second kappa shape index (κ2) is 39.8. The highest BCUT2D eigenvalue weighted by Crippen LogP contribution is 2.33. The third-order valence-corrected chi connectivity index (χ3v) is 13.7. The van der Waals surface area contributed by atoms with E-state index in [4.69, 9.17) is 37.9 Å². The second-order valence-corrected chi connectivity index (χ2v) is 20.3. The predicted molar refractivity (Wildman–Crippen MR) is 269 cm³/mol. The van der Waals surface area contributed by atoms with Gasteiger partial charge in [0, 0.05) is 50.7 Å². The molecule has 69 heavy (non-hydrogen) atoms. The molecule has 0 aromatic heterocycles. The third-order valence-electron chi connectivity index (χ3n) is 13.7. The molecule has 14 nitrogen and oxygen atoms in total. The number of ether oxygens (including phenoxy) is 8. The summed E-state index contributed by atoms with van der Waals surface area (Å²) in [5.41, 5.74) is -0.587. The molecule has 0 bridgehead atoms. The molecule has 2 aliphatic rings. The van der Waals surface area contributed by atoms with Crippen molar-refractivity contribution < 1.29 is 61.9 Å². The van der Waals surface area contributed by atoms with Crippen LogP contribution in [0.4, 0.5) is 0 Å². The molecule has 0 radical (unpaired) electrons. The van der Waals surface area contributed by atoms with Gasteiger partial charge in [0.25, 0.3) is 0 Å². The quantitative estimate of drug-likeness (QED) is 0.0322. The van der Waals surface area contributed by atoms with E-state index in [1.807, 2.05) is 6.92 Å². The van der Waals surface area contributed by atoms with E-state index >= 15 is 0 Å². The van der Waals surface area contributed by atoms with Crippen LogP contribution in [0.2, 0.25) is 0 Å². The fraction of sp³-hybridized carbons (Fsp3) is 0.909. The van der Waals surface area contributed by atoms with Crippen LogP contribution in [0.5, 0.6) is 0 Å². The number of unbranched alkanes of at least 4 members (excludes halogenated alkanes) is 16. The maximum absolute atomic E-state index is 13.5. The summed E-state index contributed by atoms with van der Waals surface area (Å²) in [6.45, 7) is 13.3. The molecule has 3 atom stereocenters. The summed E-state index contributed by atoms with van der Waals surface area (Å²) in [6, 6.07) is 0. The number of esters is 5. The Hall–Kier alpha value is -2.81. The van der Waals surface area contributed by atoms with Crippen molar-refractivity contribution in [2.24, 2.45) is 17.3 Å². The Bertz CT molecular complexity index is 1290. The molecule has 2 aliphatic heterocycles. The van der Waals surface area contributed by atoms with E-state index in [0.29, 0.717) is 51.4 Å². The molecule has 0 N–H and O–H groups in total. The molecular weight excluding hydrogens is 883 g/mol. The molecule has 1 unspecified atom stereocenters. The van der Waals surface area contributed by atoms with Crippen LogP contribution in [0.25, 0.3) is 0 Å². The molecule has 2 saturated heterocycles. The van der Waals surface area contributed by atoms with E-state index < -0.39 is 23.7 Å². The SMILES string of the molecule is CCCCCCCC(=O)OCC(CCO[C@H]1COC(COC(=O)C2(C)CCN(C)CC2)[C@@H]1OCCC(COC(=O)CCCCCCC)COC(=O)CCCCCCC)COC(=O)CCCCCCC. The van der Waals surface area contributed by atoms with Crippen LogP contribution < -0.4 is 0 Å². The Kier molecular flexibility index (Phi) is 35.9. The van der Waals surface area contributed by atoms with Crippen molar-refractivity contribution in [3.05, 3.63) is 0 Å². The number of carbonyl (C=O) groups excluding carboxylic acids is 5. The Balaban J connectivity index is 2.14. The number of hydrogen-bond acceptors (Lipinski definition) is 14. The highest BCUT2D eigenvalue weighted by Gasteiger charge is 2.42. The van der Waals surface area contributed by atoms with E-state index in [9.17, 15) is 24.0 Å². The molecule has 0 aromatic rings. The normalized spacial score (nSPS) is 18.1. The zero-order valence-corrected chi connectivity index (χ0v) is 44.5. The van der Waals surface area contributed by atoms with Crippen LogP contribution in [0.1, 0.15) is 214 Å². The molecule has 0 aromatic carbocycles. The molecule has 2 fully saturated rings. The van der Waals surface area contributed by atoms with Crippen LogP contribution in [-0.4, -0.2) is 126 Å². The van der Waals surface area contributed by atoms with Gasteiger partial charge < -0.3 is 42.8 Å². The number of hydrogen-bond donors (Lipinski definition) is 0. The lowest BCUT2D eigenvalue weighted by Gasteiger charge is -2.36. The highest BCUT2D eigenvalue weighted by atomic mass is 16.6. The molecular formula is C55H99NO13. The average molecular weight is 982 g/mol. The highest BCUT2D eigenvalue weighted by molar-refractivity contribution is 5.76. The molecule has 14 heteroatoms. The number of rotatable bonds is 43. The van der Waals surface area contributed by atoms with Crippen LogP contribution >= 0.6 is 0 Å². The summed E-state index contributed by atoms with van der Waals surface area (Å²) in [6.07, 6.45) is 22.5. The van der Waals surface area contributed by atoms with Crippen LogP contribution in [0.15, 0.2) is 0 Å². The van der Waals surface area contributed by atoms with E-state index in [0.717, 1.165) is 142 Å². The first kappa shape index (κ1) is 62.3. The lowest BCUT2D eigenvalue weighted by Crippen LogP contribution is -2.44. The van der Waals surface area contributed by atoms with Gasteiger partial charge in [-0.3, -0.25) is 24.0 Å². The Morgan fingerprint density at radius 3 is 1.26 bits per heavy atom. The molecule has 0 amide bonds. The van der Waals surface area contributed by atoms with E-state index in [1.165, 1.54) is 0 Å². The number of likely N-dealkylation sites (tertiary alicyclic amines) is 1. The zero-order valence-electron chi connectivity index (χ0n) is 44.5. The van der Waals surface area contributed by atoms with Gasteiger partial charge in [-0.15, -0.1) is 0 Å². The molecule has 0 spiro atoms. The molecule has 402 valence electrons. The minimum atomic E-state index is -0.602. The smallest absolute Gasteiger partial charge is 0.311 e. The predicted octanol–water partition coefficient (Wildman–Crippen LogP) is 11.1. The van der Waals surface area contributed by atoms with E-state index in [-0.39, 0.29) is 94.5 Å². The van der Waals surface area contributed by atoms with Crippen molar-refractivity contribution in [2.75, 3.05) is 73.0 Å². The zero-order chi connectivity index (χ0) is 50.4. The fourth-order valence-electron chi connectivity index (χ4n) is 8.61. The summed E-state index contributed by atoms with van der Waals surface area (Å²) in [5.74, 6) is -1.84. The number of nitrogens with zero attached hydrogens (tertiary/aromatic N) is 1. The van der Waals surface area contributed by atoms with Crippen LogP contribution in [-0.2, 0) is 61.9 Å². The summed E-state index contributed by atoms with van der Waals surface area (Å²) < 4.78 is 48.1. The van der Waals surface area contributed by atoms with Gasteiger partial charge in [-0.1, -0.05) is 130 Å². The minimum absolute atomic E-state index is 0.00459. The summed E-state index contributed by atoms with van der Waals surface area (Å²) in [5, 5.41) is 0. The van der Waals surface area contributed by atoms with E-state index in [1.54, 1.807) is 0 Å². The largest absolute Gasteiger partial charge is 0.465 e. The molecule has 0 saturated carbocycles. The lowest BCUT2D eigenvalue weighted by atomic mass is 9.80. The third kappa shape index (κ3) is 30.0. The van der Waals surface area contributed by atoms with E-state index in [2.05, 4.69) is 39.6 Å². The average Bonchev–Trinajstić information content (AvgIpc) is 3.73. The van der Waals surface area contributed by atoms with Gasteiger partial charge in [-0.2, -0.15) is 0 Å². The summed E-state index contributed by atoms with van der Waals surface area (Å²) in [7, 11) is 2.05.